The van der Waals surface area contributed by atoms with Crippen molar-refractivity contribution in [2.24, 2.45) is 0 Å². The molecule has 1 amide bonds. The summed E-state index contributed by atoms with van der Waals surface area (Å²) in [6.45, 7) is -5.83. The molecule has 0 aliphatic rings. The van der Waals surface area contributed by atoms with Gasteiger partial charge in [-0.2, -0.15) is 17.6 Å². The van der Waals surface area contributed by atoms with Crippen molar-refractivity contribution in [3.05, 3.63) is 54.1 Å². The third-order valence-electron chi connectivity index (χ3n) is 3.13. The summed E-state index contributed by atoms with van der Waals surface area (Å²) in [5.41, 5.74) is 1.11. The average Bonchev–Trinajstić information content (AvgIpc) is 2.53. The molecule has 0 bridgehead atoms. The monoisotopic (exact) mass is 357 g/mol. The van der Waals surface area contributed by atoms with Crippen molar-refractivity contribution in [1.29, 1.82) is 0 Å². The molecule has 0 saturated carbocycles. The lowest BCUT2D eigenvalue weighted by atomic mass is 10.1. The summed E-state index contributed by atoms with van der Waals surface area (Å²) in [4.78, 5) is 11.9. The molecule has 0 atom stereocenters. The SMILES string of the molecule is O=C(CCc1ccc(OC(F)F)cc1)Nc1cccc(OC(F)F)c1. The summed E-state index contributed by atoms with van der Waals surface area (Å²) in [6.07, 6.45) is 0.517. The molecule has 134 valence electrons. The third-order valence-corrected chi connectivity index (χ3v) is 3.13. The summed E-state index contributed by atoms with van der Waals surface area (Å²) in [7, 11) is 0. The Kier molecular flexibility index (Phi) is 6.62. The summed E-state index contributed by atoms with van der Waals surface area (Å²) >= 11 is 0. The Balaban J connectivity index is 1.84. The molecule has 2 aromatic carbocycles. The van der Waals surface area contributed by atoms with Gasteiger partial charge < -0.3 is 14.8 Å². The fourth-order valence-electron chi connectivity index (χ4n) is 2.07. The van der Waals surface area contributed by atoms with Crippen molar-refractivity contribution < 1.29 is 31.8 Å². The molecule has 0 radical (unpaired) electrons. The molecule has 0 aliphatic heterocycles. The smallest absolute Gasteiger partial charge is 0.387 e. The van der Waals surface area contributed by atoms with Crippen molar-refractivity contribution in [2.45, 2.75) is 26.1 Å². The zero-order chi connectivity index (χ0) is 18.2. The normalized spacial score (nSPS) is 10.8. The Labute approximate surface area is 141 Å². The van der Waals surface area contributed by atoms with E-state index in [2.05, 4.69) is 14.8 Å². The maximum atomic E-state index is 12.2. The number of halogens is 4. The van der Waals surface area contributed by atoms with Crippen LogP contribution in [0.2, 0.25) is 0 Å². The first kappa shape index (κ1) is 18.6. The van der Waals surface area contributed by atoms with Crippen LogP contribution >= 0.6 is 0 Å². The van der Waals surface area contributed by atoms with E-state index < -0.39 is 13.2 Å². The number of aryl methyl sites for hydroxylation is 1. The van der Waals surface area contributed by atoms with Gasteiger partial charge in [0.05, 0.1) is 0 Å². The second kappa shape index (κ2) is 8.91. The van der Waals surface area contributed by atoms with Crippen LogP contribution in [0.25, 0.3) is 0 Å². The molecular formula is C17H15F4NO3. The number of carbonyl (C=O) groups excluding carboxylic acids is 1. The highest BCUT2D eigenvalue weighted by Gasteiger charge is 2.08. The van der Waals surface area contributed by atoms with Crippen LogP contribution in [0.4, 0.5) is 23.2 Å². The molecule has 0 aliphatic carbocycles. The molecule has 8 heteroatoms. The minimum Gasteiger partial charge on any atom is -0.435 e. The molecule has 0 saturated heterocycles. The van der Waals surface area contributed by atoms with Crippen LogP contribution in [-0.4, -0.2) is 19.1 Å². The van der Waals surface area contributed by atoms with E-state index in [0.717, 1.165) is 5.56 Å². The highest BCUT2D eigenvalue weighted by atomic mass is 19.3. The van der Waals surface area contributed by atoms with Crippen molar-refractivity contribution in [1.82, 2.24) is 0 Å². The van der Waals surface area contributed by atoms with Crippen LogP contribution in [0.3, 0.4) is 0 Å². The molecule has 25 heavy (non-hydrogen) atoms. The zero-order valence-electron chi connectivity index (χ0n) is 12.9. The molecule has 0 heterocycles. The summed E-state index contributed by atoms with van der Waals surface area (Å²) in [5, 5.41) is 2.58. The van der Waals surface area contributed by atoms with Gasteiger partial charge in [0.1, 0.15) is 11.5 Å². The second-order valence-corrected chi connectivity index (χ2v) is 4.98. The van der Waals surface area contributed by atoms with Crippen LogP contribution in [0, 0.1) is 0 Å². The van der Waals surface area contributed by atoms with E-state index in [9.17, 15) is 22.4 Å². The molecule has 0 fully saturated rings. The van der Waals surface area contributed by atoms with Crippen LogP contribution in [0.5, 0.6) is 11.5 Å². The lowest BCUT2D eigenvalue weighted by Gasteiger charge is -2.09. The number of alkyl halides is 4. The minimum atomic E-state index is -2.94. The highest BCUT2D eigenvalue weighted by Crippen LogP contribution is 2.20. The predicted molar refractivity (Wildman–Crippen MR) is 83.1 cm³/mol. The molecule has 1 N–H and O–H groups in total. The fourth-order valence-corrected chi connectivity index (χ4v) is 2.07. The third kappa shape index (κ3) is 6.70. The van der Waals surface area contributed by atoms with Crippen molar-refractivity contribution in [2.75, 3.05) is 5.32 Å². The number of anilines is 1. The van der Waals surface area contributed by atoms with Gasteiger partial charge in [0, 0.05) is 18.2 Å². The van der Waals surface area contributed by atoms with E-state index in [1.807, 2.05) is 0 Å². The number of benzene rings is 2. The zero-order valence-corrected chi connectivity index (χ0v) is 12.9. The Hall–Kier alpha value is -2.77. The Morgan fingerprint density at radius 3 is 2.20 bits per heavy atom. The van der Waals surface area contributed by atoms with Crippen LogP contribution in [0.1, 0.15) is 12.0 Å². The van der Waals surface area contributed by atoms with E-state index in [4.69, 9.17) is 0 Å². The molecule has 2 rings (SSSR count). The second-order valence-electron chi connectivity index (χ2n) is 4.98. The van der Waals surface area contributed by atoms with Crippen LogP contribution in [0.15, 0.2) is 48.5 Å². The molecular weight excluding hydrogens is 342 g/mol. The first-order chi connectivity index (χ1) is 11.9. The average molecular weight is 357 g/mol. The lowest BCUT2D eigenvalue weighted by Crippen LogP contribution is -2.12. The van der Waals surface area contributed by atoms with E-state index in [1.165, 1.54) is 30.3 Å². The molecule has 2 aromatic rings. The molecule has 0 unspecified atom stereocenters. The Morgan fingerprint density at radius 2 is 1.56 bits per heavy atom. The molecule has 0 spiro atoms. The van der Waals surface area contributed by atoms with Gasteiger partial charge in [-0.3, -0.25) is 4.79 Å². The summed E-state index contributed by atoms with van der Waals surface area (Å²) in [6, 6.07) is 11.6. The van der Waals surface area contributed by atoms with Gasteiger partial charge in [-0.05, 0) is 36.2 Å². The van der Waals surface area contributed by atoms with Gasteiger partial charge in [-0.25, -0.2) is 0 Å². The highest BCUT2D eigenvalue weighted by molar-refractivity contribution is 5.91. The van der Waals surface area contributed by atoms with Crippen molar-refractivity contribution in [3.8, 4) is 11.5 Å². The van der Waals surface area contributed by atoms with E-state index in [1.54, 1.807) is 18.2 Å². The van der Waals surface area contributed by atoms with Gasteiger partial charge >= 0.3 is 13.2 Å². The number of hydrogen-bond donors (Lipinski definition) is 1. The van der Waals surface area contributed by atoms with Gasteiger partial charge in [0.15, 0.2) is 0 Å². The number of hydrogen-bond acceptors (Lipinski definition) is 3. The number of carbonyl (C=O) groups is 1. The lowest BCUT2D eigenvalue weighted by molar-refractivity contribution is -0.116. The van der Waals surface area contributed by atoms with Crippen LogP contribution in [-0.2, 0) is 11.2 Å². The number of nitrogens with one attached hydrogen (secondary N) is 1. The Bertz CT molecular complexity index is 693. The quantitative estimate of drug-likeness (QED) is 0.710. The minimum absolute atomic E-state index is 0.0408. The van der Waals surface area contributed by atoms with E-state index >= 15 is 0 Å². The maximum absolute atomic E-state index is 12.2. The maximum Gasteiger partial charge on any atom is 0.387 e. The first-order valence-corrected chi connectivity index (χ1v) is 7.31. The largest absolute Gasteiger partial charge is 0.435 e. The first-order valence-electron chi connectivity index (χ1n) is 7.31. The van der Waals surface area contributed by atoms with Gasteiger partial charge in [0.2, 0.25) is 5.91 Å². The fraction of sp³-hybridized carbons (Fsp3) is 0.235. The van der Waals surface area contributed by atoms with E-state index in [-0.39, 0.29) is 23.8 Å². The molecule has 0 aromatic heterocycles. The van der Waals surface area contributed by atoms with Crippen molar-refractivity contribution in [3.63, 3.8) is 0 Å². The number of rotatable bonds is 8. The molecule has 4 nitrogen and oxygen atoms in total. The summed E-state index contributed by atoms with van der Waals surface area (Å²) in [5.74, 6) is -0.330. The van der Waals surface area contributed by atoms with Gasteiger partial charge in [-0.15, -0.1) is 0 Å². The number of ether oxygens (including phenoxy) is 2. The van der Waals surface area contributed by atoms with Crippen molar-refractivity contribution >= 4 is 11.6 Å². The summed E-state index contributed by atoms with van der Waals surface area (Å²) < 4.78 is 56.9. The van der Waals surface area contributed by atoms with E-state index in [0.29, 0.717) is 12.1 Å². The number of amides is 1. The Morgan fingerprint density at radius 1 is 0.920 bits per heavy atom. The predicted octanol–water partition coefficient (Wildman–Crippen LogP) is 4.46. The standard InChI is InChI=1S/C17H15F4NO3/c18-16(19)24-13-7-4-11(5-8-13)6-9-15(23)22-12-2-1-3-14(10-12)25-17(20)21/h1-5,7-8,10,16-17H,6,9H2,(H,22,23). The van der Waals surface area contributed by atoms with Gasteiger partial charge in [-0.1, -0.05) is 18.2 Å². The van der Waals surface area contributed by atoms with Crippen LogP contribution < -0.4 is 14.8 Å². The van der Waals surface area contributed by atoms with Gasteiger partial charge in [0.25, 0.3) is 0 Å². The topological polar surface area (TPSA) is 47.6 Å².